The Morgan fingerprint density at radius 1 is 1.29 bits per heavy atom. The molecule has 0 saturated carbocycles. The topological polar surface area (TPSA) is 57.5 Å². The van der Waals surface area contributed by atoms with Crippen LogP contribution in [0.3, 0.4) is 0 Å². The zero-order chi connectivity index (χ0) is 16.4. The number of hydrogen-bond acceptors (Lipinski definition) is 3. The second-order valence-corrected chi connectivity index (χ2v) is 7.53. The van der Waals surface area contributed by atoms with Gasteiger partial charge in [0.05, 0.1) is 11.4 Å². The predicted molar refractivity (Wildman–Crippen MR) is 93.6 cm³/mol. The van der Waals surface area contributed by atoms with E-state index in [4.69, 9.17) is 0 Å². The molecule has 24 heavy (non-hydrogen) atoms. The molecular weight excluding hydrogens is 302 g/mol. The number of nitrogens with zero attached hydrogens (tertiary/aromatic N) is 2. The fourth-order valence-corrected chi connectivity index (χ4v) is 5.17. The lowest BCUT2D eigenvalue weighted by Crippen LogP contribution is -2.39. The van der Waals surface area contributed by atoms with Crippen molar-refractivity contribution in [1.82, 2.24) is 9.88 Å². The molecule has 0 spiro atoms. The molecule has 2 bridgehead atoms. The van der Waals surface area contributed by atoms with Gasteiger partial charge in [0.15, 0.2) is 0 Å². The molecule has 2 fully saturated rings. The van der Waals surface area contributed by atoms with Gasteiger partial charge in [-0.05, 0) is 30.7 Å². The average Bonchev–Trinajstić information content (AvgIpc) is 3.21. The second-order valence-electron chi connectivity index (χ2n) is 7.53. The van der Waals surface area contributed by atoms with Gasteiger partial charge in [-0.1, -0.05) is 18.2 Å². The average molecular weight is 325 g/mol. The molecule has 5 heteroatoms. The highest BCUT2D eigenvalue weighted by Crippen LogP contribution is 2.48. The molecule has 2 atom stereocenters. The van der Waals surface area contributed by atoms with E-state index < -0.39 is 5.97 Å². The Labute approximate surface area is 141 Å². The number of carbonyl (C=O) groups is 1. The lowest BCUT2D eigenvalue weighted by molar-refractivity contribution is -0.141. The standard InChI is InChI=1S/C19H23N3O2/c1-21-17-13(15-9-12(10-20-15)19(23)24)3-2-4-14(17)16-11-5-7-22(8-6-11)18(16)21/h2-4,11-12,15,20H,5-10H2,1H3,(H,23,24). The molecule has 2 N–H and O–H groups in total. The first-order chi connectivity index (χ1) is 11.6. The Balaban J connectivity index is 1.67. The summed E-state index contributed by atoms with van der Waals surface area (Å²) in [5.41, 5.74) is 4.08. The molecule has 1 aromatic carbocycles. The van der Waals surface area contributed by atoms with Gasteiger partial charge in [0, 0.05) is 43.7 Å². The molecule has 0 amide bonds. The van der Waals surface area contributed by atoms with Gasteiger partial charge in [-0.3, -0.25) is 4.79 Å². The Bertz CT molecular complexity index is 833. The molecule has 5 nitrogen and oxygen atoms in total. The molecule has 6 rings (SSSR count). The molecule has 2 saturated heterocycles. The zero-order valence-corrected chi connectivity index (χ0v) is 14.0. The minimum atomic E-state index is -0.687. The number of benzene rings is 1. The summed E-state index contributed by atoms with van der Waals surface area (Å²) in [5, 5.41) is 14.1. The van der Waals surface area contributed by atoms with Crippen molar-refractivity contribution in [3.8, 4) is 0 Å². The third-order valence-corrected chi connectivity index (χ3v) is 6.31. The molecule has 2 unspecified atom stereocenters. The molecular formula is C19H23N3O2. The Morgan fingerprint density at radius 3 is 2.79 bits per heavy atom. The number of carboxylic acids is 1. The Morgan fingerprint density at radius 2 is 2.08 bits per heavy atom. The molecule has 1 aromatic heterocycles. The smallest absolute Gasteiger partial charge is 0.307 e. The van der Waals surface area contributed by atoms with Gasteiger partial charge in [0.1, 0.15) is 5.82 Å². The highest BCUT2D eigenvalue weighted by molar-refractivity contribution is 5.94. The lowest BCUT2D eigenvalue weighted by atomic mass is 9.84. The number of hydrogen-bond donors (Lipinski definition) is 2. The number of aliphatic carboxylic acids is 1. The number of carboxylic acid groups (broad SMARTS) is 1. The summed E-state index contributed by atoms with van der Waals surface area (Å²) in [6.45, 7) is 2.90. The first-order valence-corrected chi connectivity index (χ1v) is 8.97. The predicted octanol–water partition coefficient (Wildman–Crippen LogP) is 2.61. The van der Waals surface area contributed by atoms with Crippen LogP contribution in [0, 0.1) is 5.92 Å². The minimum absolute atomic E-state index is 0.137. The van der Waals surface area contributed by atoms with E-state index in [9.17, 15) is 9.90 Å². The molecule has 4 aliphatic heterocycles. The first kappa shape index (κ1) is 14.3. The van der Waals surface area contributed by atoms with Crippen molar-refractivity contribution < 1.29 is 9.90 Å². The van der Waals surface area contributed by atoms with Gasteiger partial charge in [0.2, 0.25) is 0 Å². The Kier molecular flexibility index (Phi) is 2.98. The Hall–Kier alpha value is -2.01. The number of para-hydroxylation sites is 1. The molecule has 0 aliphatic carbocycles. The van der Waals surface area contributed by atoms with Crippen LogP contribution in [0.1, 0.15) is 42.3 Å². The van der Waals surface area contributed by atoms with Crippen LogP contribution in [-0.2, 0) is 11.8 Å². The summed E-state index contributed by atoms with van der Waals surface area (Å²) in [6.07, 6.45) is 3.20. The summed E-state index contributed by atoms with van der Waals surface area (Å²) in [6, 6.07) is 6.71. The van der Waals surface area contributed by atoms with Crippen molar-refractivity contribution in [2.24, 2.45) is 13.0 Å². The fourth-order valence-electron chi connectivity index (χ4n) is 5.17. The lowest BCUT2D eigenvalue weighted by Gasteiger charge is -2.41. The third kappa shape index (κ3) is 1.82. The van der Waals surface area contributed by atoms with Crippen LogP contribution in [0.2, 0.25) is 0 Å². The van der Waals surface area contributed by atoms with E-state index in [0.717, 1.165) is 0 Å². The third-order valence-electron chi connectivity index (χ3n) is 6.31. The van der Waals surface area contributed by atoms with Crippen molar-refractivity contribution >= 4 is 22.7 Å². The number of nitrogens with one attached hydrogen (secondary N) is 1. The van der Waals surface area contributed by atoms with Crippen LogP contribution in [0.4, 0.5) is 5.82 Å². The van der Waals surface area contributed by atoms with Crippen LogP contribution in [0.5, 0.6) is 0 Å². The van der Waals surface area contributed by atoms with Crippen LogP contribution < -0.4 is 10.2 Å². The summed E-state index contributed by atoms with van der Waals surface area (Å²) in [4.78, 5) is 13.8. The molecule has 2 aromatic rings. The van der Waals surface area contributed by atoms with E-state index in [1.165, 1.54) is 53.8 Å². The summed E-state index contributed by atoms with van der Waals surface area (Å²) in [5.74, 6) is 1.12. The van der Waals surface area contributed by atoms with Crippen LogP contribution in [0.15, 0.2) is 18.2 Å². The molecule has 5 heterocycles. The van der Waals surface area contributed by atoms with E-state index >= 15 is 0 Å². The molecule has 126 valence electrons. The second kappa shape index (κ2) is 4.99. The van der Waals surface area contributed by atoms with Crippen molar-refractivity contribution in [2.45, 2.75) is 31.2 Å². The number of aromatic nitrogens is 1. The zero-order valence-electron chi connectivity index (χ0n) is 14.0. The van der Waals surface area contributed by atoms with E-state index in [0.29, 0.717) is 18.9 Å². The first-order valence-electron chi connectivity index (χ1n) is 8.97. The van der Waals surface area contributed by atoms with E-state index in [-0.39, 0.29) is 12.0 Å². The van der Waals surface area contributed by atoms with Gasteiger partial charge >= 0.3 is 5.97 Å². The number of rotatable bonds is 2. The van der Waals surface area contributed by atoms with Gasteiger partial charge in [-0.25, -0.2) is 0 Å². The monoisotopic (exact) mass is 325 g/mol. The normalized spacial score (nSPS) is 26.3. The van der Waals surface area contributed by atoms with E-state index in [1.54, 1.807) is 0 Å². The summed E-state index contributed by atoms with van der Waals surface area (Å²) < 4.78 is 2.36. The van der Waals surface area contributed by atoms with Crippen LogP contribution in [0.25, 0.3) is 10.9 Å². The number of piperidine rings is 1. The SMILES string of the molecule is Cn1c2c(c3cccc(C4CC(C(=O)O)CN4)c31)C1CCN2CC1. The molecule has 0 radical (unpaired) electrons. The molecule has 4 aliphatic rings. The quantitative estimate of drug-likeness (QED) is 0.891. The number of anilines is 1. The van der Waals surface area contributed by atoms with Crippen molar-refractivity contribution in [2.75, 3.05) is 24.5 Å². The number of fused-ring (bicyclic) bond motifs is 3. The van der Waals surface area contributed by atoms with E-state index in [2.05, 4.69) is 40.0 Å². The highest BCUT2D eigenvalue weighted by atomic mass is 16.4. The van der Waals surface area contributed by atoms with Gasteiger partial charge in [-0.2, -0.15) is 0 Å². The van der Waals surface area contributed by atoms with Crippen molar-refractivity contribution in [3.05, 3.63) is 29.3 Å². The number of aryl methyl sites for hydroxylation is 1. The summed E-state index contributed by atoms with van der Waals surface area (Å²) >= 11 is 0. The van der Waals surface area contributed by atoms with Gasteiger partial charge in [-0.15, -0.1) is 0 Å². The highest BCUT2D eigenvalue weighted by Gasteiger charge is 2.37. The maximum absolute atomic E-state index is 11.3. The largest absolute Gasteiger partial charge is 0.481 e. The minimum Gasteiger partial charge on any atom is -0.481 e. The van der Waals surface area contributed by atoms with Crippen molar-refractivity contribution in [3.63, 3.8) is 0 Å². The van der Waals surface area contributed by atoms with Gasteiger partial charge < -0.3 is 19.9 Å². The summed E-state index contributed by atoms with van der Waals surface area (Å²) in [7, 11) is 2.18. The van der Waals surface area contributed by atoms with Crippen LogP contribution >= 0.6 is 0 Å². The van der Waals surface area contributed by atoms with Gasteiger partial charge in [0.25, 0.3) is 0 Å². The fraction of sp³-hybridized carbons (Fsp3) is 0.526. The maximum Gasteiger partial charge on any atom is 0.307 e. The van der Waals surface area contributed by atoms with Crippen LogP contribution in [-0.4, -0.2) is 35.3 Å². The van der Waals surface area contributed by atoms with Crippen molar-refractivity contribution in [1.29, 1.82) is 0 Å². The van der Waals surface area contributed by atoms with E-state index in [1.807, 2.05) is 0 Å². The maximum atomic E-state index is 11.3.